The van der Waals surface area contributed by atoms with Crippen LogP contribution in [0.1, 0.15) is 600 Å². The van der Waals surface area contributed by atoms with E-state index in [1.54, 1.807) is 0 Å². The lowest BCUT2D eigenvalue weighted by atomic mass is 10.0. The van der Waals surface area contributed by atoms with Crippen molar-refractivity contribution >= 4 is 43.6 Å². The molecule has 0 aliphatic rings. The predicted molar refractivity (Wildman–Crippen MR) is 617 cm³/mol. The fourth-order valence-electron chi connectivity index (χ4n) is 19.6. The maximum Gasteiger partial charge on any atom is 0.476 e. The van der Waals surface area contributed by atoms with Crippen LogP contribution in [0.3, 0.4) is 0 Å². The molecule has 0 aromatic rings. The number of esters is 6. The molecule has 0 fully saturated rings. The fourth-order valence-corrected chi connectivity index (χ4v) is 21.3. The quantitative estimate of drug-likeness (QED) is 0.0139. The van der Waals surface area contributed by atoms with E-state index in [0.29, 0.717) is 38.5 Å². The van der Waals surface area contributed by atoms with Crippen molar-refractivity contribution in [1.82, 2.24) is 0 Å². The molecular weight excluding hydrogens is 1840 g/mol. The number of unbranched alkanes of at least 4 members (excludes halogenated alkanes) is 69. The van der Waals surface area contributed by atoms with Crippen molar-refractivity contribution in [3.8, 4) is 0 Å². The summed E-state index contributed by atoms with van der Waals surface area (Å²) in [6.45, 7) is 13.3. The van der Waals surface area contributed by atoms with Gasteiger partial charge in [-0.15, -0.1) is 0 Å². The van der Waals surface area contributed by atoms with Gasteiger partial charge in [0, 0.05) is 57.8 Å². The third kappa shape index (κ3) is 104. The smallest absolute Gasteiger partial charge is 0.462 e. The third-order valence-electron chi connectivity index (χ3n) is 28.2. The van der Waals surface area contributed by atoms with E-state index < -0.39 is 62.4 Å². The van der Waals surface area contributed by atoms with E-state index in [0.717, 1.165) is 173 Å². The zero-order chi connectivity index (χ0) is 107. The molecule has 0 rings (SSSR count). The van der Waals surface area contributed by atoms with Gasteiger partial charge in [-0.3, -0.25) is 42.3 Å². The molecule has 0 aromatic heterocycles. The minimum Gasteiger partial charge on any atom is -0.462 e. The van der Waals surface area contributed by atoms with E-state index >= 15 is 4.57 Å². The number of ether oxygens (including phenoxy) is 6. The highest BCUT2D eigenvalue weighted by Gasteiger charge is 2.44. The van der Waals surface area contributed by atoms with Crippen LogP contribution >= 0.6 is 7.82 Å². The summed E-state index contributed by atoms with van der Waals surface area (Å²) in [5.74, 6) is -2.47. The molecular formula is C126H243N3O16P+3. The average molecular weight is 2090 g/mol. The molecule has 860 valence electrons. The van der Waals surface area contributed by atoms with Gasteiger partial charge in [-0.2, -0.15) is 0 Å². The molecule has 0 aromatic carbocycles. The van der Waals surface area contributed by atoms with Gasteiger partial charge in [0.15, 0.2) is 0 Å². The highest BCUT2D eigenvalue weighted by atomic mass is 31.2. The number of carbonyl (C=O) groups excluding carboxylic acids is 6. The molecule has 0 aliphatic heterocycles. The summed E-state index contributed by atoms with van der Waals surface area (Å²) in [4.78, 5) is 85.7. The summed E-state index contributed by atoms with van der Waals surface area (Å²) in [5.41, 5.74) is 0. The number of phosphoric ester groups is 1. The first kappa shape index (κ1) is 142. The molecule has 0 saturated heterocycles. The fraction of sp³-hybridized carbons (Fsp3) is 0.905. The first-order valence-electron chi connectivity index (χ1n) is 62.6. The van der Waals surface area contributed by atoms with Gasteiger partial charge < -0.3 is 41.9 Å². The van der Waals surface area contributed by atoms with Crippen molar-refractivity contribution in [2.24, 2.45) is 0 Å². The minimum absolute atomic E-state index is 0.0754. The standard InChI is InChI=1S/C126H243N3O16P/c1-16-22-28-34-40-46-52-58-61-67-73-79-85-91-97-103-124(133)140-118(112-137-121(130)100-94-88-82-76-70-64-55-49-43-37-31-25-19-4)106-115(109-127(7,8)9)143-146(136,144-116(110-128(10,11)12)107-119(113-138-122(131)101-95-89-83-77-71-65-56-50-44-38-32-26-20-5)141-125(134)104-98-92-86-80-74-68-62-59-53-47-41-35-29-23-17-2)145-117(111-129(13,14)15)108-120(114-139-123(132)102-96-90-84-78-72-66-57-51-45-39-33-27-21-6)142-126(135)105-99-93-87-81-75-69-63-60-54-48-42-36-30-24-18-3/h58-63,115-120H,16-57,64-114H2,1-15H3/q+3/b61-58-,62-59-,63-60-/t115?,116?,117?,118-,119-,120-,146?/m1/s1. The number of allylic oxidation sites excluding steroid dienone is 6. The first-order chi connectivity index (χ1) is 70.6. The summed E-state index contributed by atoms with van der Waals surface area (Å²) in [6, 6.07) is 0. The molecule has 0 radical (unpaired) electrons. The molecule has 0 saturated carbocycles. The van der Waals surface area contributed by atoms with Gasteiger partial charge in [-0.25, -0.2) is 4.57 Å². The van der Waals surface area contributed by atoms with Gasteiger partial charge >= 0.3 is 43.6 Å². The van der Waals surface area contributed by atoms with Gasteiger partial charge in [-0.05, 0) is 116 Å². The number of phosphoric acid groups is 1. The highest BCUT2D eigenvalue weighted by Crippen LogP contribution is 2.55. The molecule has 0 amide bonds. The van der Waals surface area contributed by atoms with Crippen molar-refractivity contribution in [2.45, 2.75) is 637 Å². The molecule has 0 aliphatic carbocycles. The second-order valence-electron chi connectivity index (χ2n) is 47.1. The molecule has 0 N–H and O–H groups in total. The van der Waals surface area contributed by atoms with E-state index in [2.05, 4.69) is 78.0 Å². The number of likely N-dealkylation sites (N-methyl/N-ethyl adjacent to an activating group) is 3. The topological polar surface area (TPSA) is 203 Å². The predicted octanol–water partition coefficient (Wildman–Crippen LogP) is 36.5. The molecule has 146 heavy (non-hydrogen) atoms. The first-order valence-corrected chi connectivity index (χ1v) is 64.1. The Morgan fingerprint density at radius 2 is 0.329 bits per heavy atom. The van der Waals surface area contributed by atoms with Crippen molar-refractivity contribution in [3.05, 3.63) is 36.5 Å². The Morgan fingerprint density at radius 1 is 0.192 bits per heavy atom. The van der Waals surface area contributed by atoms with Crippen molar-refractivity contribution in [2.75, 3.05) is 103 Å². The van der Waals surface area contributed by atoms with Crippen LogP contribution in [0.15, 0.2) is 36.5 Å². The number of quaternary nitrogens is 3. The molecule has 20 heteroatoms. The number of hydrogen-bond donors (Lipinski definition) is 0. The summed E-state index contributed by atoms with van der Waals surface area (Å²) in [5, 5.41) is 0. The van der Waals surface area contributed by atoms with Crippen LogP contribution in [0.2, 0.25) is 0 Å². The van der Waals surface area contributed by atoms with Gasteiger partial charge in [-0.1, -0.05) is 463 Å². The number of rotatable bonds is 114. The Morgan fingerprint density at radius 3 is 0.479 bits per heavy atom. The maximum absolute atomic E-state index is 17.4. The summed E-state index contributed by atoms with van der Waals surface area (Å²) >= 11 is 0. The van der Waals surface area contributed by atoms with Crippen LogP contribution in [0, 0.1) is 0 Å². The number of nitrogens with zero attached hydrogens (tertiary/aromatic N) is 3. The number of hydrogen-bond acceptors (Lipinski definition) is 16. The lowest BCUT2D eigenvalue weighted by Gasteiger charge is -2.37. The molecule has 3 unspecified atom stereocenters. The largest absolute Gasteiger partial charge is 0.476 e. The second kappa shape index (κ2) is 103. The average Bonchev–Trinajstić information content (AvgIpc) is 0.814. The lowest BCUT2D eigenvalue weighted by molar-refractivity contribution is -0.874. The Labute approximate surface area is 903 Å². The zero-order valence-corrected chi connectivity index (χ0v) is 99.9. The van der Waals surface area contributed by atoms with Crippen molar-refractivity contribution in [1.29, 1.82) is 0 Å². The second-order valence-corrected chi connectivity index (χ2v) is 48.6. The van der Waals surface area contributed by atoms with Gasteiger partial charge in [0.2, 0.25) is 0 Å². The van der Waals surface area contributed by atoms with Crippen LogP contribution in [0.5, 0.6) is 0 Å². The Kier molecular flexibility index (Phi) is 100.0. The Bertz CT molecular complexity index is 2760. The summed E-state index contributed by atoms with van der Waals surface area (Å²) < 4.78 is 78.0. The van der Waals surface area contributed by atoms with E-state index in [-0.39, 0.29) is 129 Å². The molecule has 6 atom stereocenters. The summed E-state index contributed by atoms with van der Waals surface area (Å²) in [7, 11) is 12.9. The van der Waals surface area contributed by atoms with Crippen LogP contribution in [-0.2, 0) is 75.3 Å². The maximum atomic E-state index is 17.4. The zero-order valence-electron chi connectivity index (χ0n) is 99.0. The van der Waals surface area contributed by atoms with Crippen LogP contribution in [-0.4, -0.2) is 189 Å². The minimum atomic E-state index is -5.07. The Hall–Kier alpha value is -3.97. The van der Waals surface area contributed by atoms with Crippen LogP contribution in [0.25, 0.3) is 0 Å². The Balaban J connectivity index is 8.25. The normalized spacial score (nSPS) is 13.9. The lowest BCUT2D eigenvalue weighted by Crippen LogP contribution is -2.47. The van der Waals surface area contributed by atoms with Crippen LogP contribution < -0.4 is 0 Å². The third-order valence-corrected chi connectivity index (χ3v) is 29.9. The SMILES string of the molecule is CCCCCCCC/C=C\CCCCCCCC(=O)O[C@@H](COC(=O)CCCCCCCCCCCCCCC)CC(C[N+](C)(C)C)OP(=O)(OC(C[C@H](COC(=O)CCCCCCCCCCCCCCC)OC(=O)CCCCCCC/C=C\CCCCCCCC)C[N+](C)(C)C)OC(C[C@H](COC(=O)CCCCCCCCCCCCCCC)OC(=O)CCCCCCC/C=C\CCCCCCCC)C[N+](C)(C)C. The molecule has 19 nitrogen and oxygen atoms in total. The van der Waals surface area contributed by atoms with Crippen LogP contribution in [0.4, 0.5) is 0 Å². The van der Waals surface area contributed by atoms with E-state index in [1.165, 1.54) is 289 Å². The molecule has 0 bridgehead atoms. The summed E-state index contributed by atoms with van der Waals surface area (Å²) in [6.07, 6.45) is 97.8. The van der Waals surface area contributed by atoms with Gasteiger partial charge in [0.05, 0.1) is 63.4 Å². The van der Waals surface area contributed by atoms with Crippen molar-refractivity contribution in [3.63, 3.8) is 0 Å². The molecule has 0 heterocycles. The van der Waals surface area contributed by atoms with E-state index in [4.69, 9.17) is 42.0 Å². The van der Waals surface area contributed by atoms with E-state index in [1.807, 2.05) is 63.4 Å². The monoisotopic (exact) mass is 2090 g/mol. The van der Waals surface area contributed by atoms with Crippen molar-refractivity contribution < 1.29 is 88.8 Å². The number of carbonyl (C=O) groups is 6. The van der Waals surface area contributed by atoms with E-state index in [9.17, 15) is 28.8 Å². The van der Waals surface area contributed by atoms with Gasteiger partial charge in [0.25, 0.3) is 0 Å². The highest BCUT2D eigenvalue weighted by molar-refractivity contribution is 7.48. The molecule has 0 spiro atoms. The van der Waals surface area contributed by atoms with Gasteiger partial charge in [0.1, 0.15) is 76.1 Å².